The number of hydrogen-bond donors (Lipinski definition) is 2. The molecule has 0 saturated heterocycles. The standard InChI is InChI=1S/C15H25NO6S2.Na/c1-14-7-6-8-15(13-14)16(9-2-4-11-23(17,18)19)10-3-5-12-24(20,21)22;/h6-8,13H,2-5,9-12H2,1H3,(H,17,18,19)(H,20,21,22);. The van der Waals surface area contributed by atoms with Gasteiger partial charge in [0.25, 0.3) is 20.2 Å². The van der Waals surface area contributed by atoms with Crippen LogP contribution in [0.15, 0.2) is 24.3 Å². The average Bonchev–Trinajstić information content (AvgIpc) is 2.43. The third kappa shape index (κ3) is 12.8. The number of unbranched alkanes of at least 4 members (excludes halogenated alkanes) is 2. The second kappa shape index (κ2) is 11.5. The summed E-state index contributed by atoms with van der Waals surface area (Å²) < 4.78 is 60.6. The molecule has 1 aromatic carbocycles. The van der Waals surface area contributed by atoms with Crippen molar-refractivity contribution in [2.75, 3.05) is 29.5 Å². The van der Waals surface area contributed by atoms with Gasteiger partial charge in [-0.15, -0.1) is 0 Å². The third-order valence-corrected chi connectivity index (χ3v) is 5.14. The van der Waals surface area contributed by atoms with E-state index in [1.165, 1.54) is 0 Å². The third-order valence-electron chi connectivity index (χ3n) is 3.53. The van der Waals surface area contributed by atoms with Crippen LogP contribution in [0.1, 0.15) is 31.2 Å². The molecule has 0 bridgehead atoms. The summed E-state index contributed by atoms with van der Waals surface area (Å²) in [7, 11) is -7.89. The number of benzene rings is 1. The molecule has 0 aliphatic carbocycles. The average molecular weight is 402 g/mol. The van der Waals surface area contributed by atoms with Crippen molar-refractivity contribution in [3.63, 3.8) is 0 Å². The van der Waals surface area contributed by atoms with E-state index in [2.05, 4.69) is 4.90 Å². The Hall–Kier alpha value is -0.160. The van der Waals surface area contributed by atoms with Gasteiger partial charge in [0.05, 0.1) is 11.5 Å². The number of hydrogen-bond acceptors (Lipinski definition) is 5. The quantitative estimate of drug-likeness (QED) is 0.329. The molecule has 0 aliphatic rings. The first kappa shape index (κ1) is 24.8. The summed E-state index contributed by atoms with van der Waals surface area (Å²) in [4.78, 5) is 2.06. The minimum Gasteiger partial charge on any atom is -0.372 e. The van der Waals surface area contributed by atoms with Crippen LogP contribution in [0, 0.1) is 6.92 Å². The van der Waals surface area contributed by atoms with Crippen LogP contribution in [-0.4, -0.2) is 80.1 Å². The number of aryl methyl sites for hydroxylation is 1. The zero-order chi connectivity index (χ0) is 18.2. The maximum atomic E-state index is 10.8. The van der Waals surface area contributed by atoms with E-state index in [0.29, 0.717) is 38.8 Å². The summed E-state index contributed by atoms with van der Waals surface area (Å²) in [5.74, 6) is -0.533. The molecule has 0 aliphatic heterocycles. The summed E-state index contributed by atoms with van der Waals surface area (Å²) in [6, 6.07) is 7.84. The van der Waals surface area contributed by atoms with Gasteiger partial charge < -0.3 is 4.90 Å². The van der Waals surface area contributed by atoms with E-state index in [0.717, 1.165) is 11.3 Å². The van der Waals surface area contributed by atoms with Crippen molar-refractivity contribution in [1.82, 2.24) is 0 Å². The van der Waals surface area contributed by atoms with Gasteiger partial charge in [-0.25, -0.2) is 0 Å². The molecule has 7 nitrogen and oxygen atoms in total. The molecule has 1 radical (unpaired) electrons. The second-order valence-corrected chi connectivity index (χ2v) is 8.96. The van der Waals surface area contributed by atoms with Gasteiger partial charge in [0.1, 0.15) is 0 Å². The maximum Gasteiger partial charge on any atom is 0.264 e. The van der Waals surface area contributed by atoms with Crippen molar-refractivity contribution >= 4 is 55.5 Å². The minimum absolute atomic E-state index is 0. The molecule has 10 heteroatoms. The SMILES string of the molecule is Cc1cccc(N(CCCCS(=O)(=O)O)CCCCS(=O)(=O)O)c1.[Na]. The van der Waals surface area contributed by atoms with Gasteiger partial charge in [-0.2, -0.15) is 16.8 Å². The van der Waals surface area contributed by atoms with Crippen molar-refractivity contribution in [3.05, 3.63) is 29.8 Å². The van der Waals surface area contributed by atoms with Crippen molar-refractivity contribution in [1.29, 1.82) is 0 Å². The number of rotatable bonds is 11. The summed E-state index contributed by atoms with van der Waals surface area (Å²) in [6.07, 6.45) is 1.89. The molecule has 0 spiro atoms. The van der Waals surface area contributed by atoms with Crippen LogP contribution in [0.25, 0.3) is 0 Å². The Labute approximate surface area is 172 Å². The summed E-state index contributed by atoms with van der Waals surface area (Å²) in [5, 5.41) is 0. The Morgan fingerprint density at radius 1 is 0.880 bits per heavy atom. The fourth-order valence-electron chi connectivity index (χ4n) is 2.37. The molecule has 2 N–H and O–H groups in total. The first-order valence-electron chi connectivity index (χ1n) is 7.79. The van der Waals surface area contributed by atoms with Crippen molar-refractivity contribution in [3.8, 4) is 0 Å². The van der Waals surface area contributed by atoms with Crippen LogP contribution < -0.4 is 4.90 Å². The van der Waals surface area contributed by atoms with Gasteiger partial charge in [-0.1, -0.05) is 12.1 Å². The molecular formula is C15H25NNaO6S2. The zero-order valence-electron chi connectivity index (χ0n) is 14.8. The van der Waals surface area contributed by atoms with Crippen LogP contribution in [0.2, 0.25) is 0 Å². The van der Waals surface area contributed by atoms with E-state index in [9.17, 15) is 16.8 Å². The predicted octanol–water partition coefficient (Wildman–Crippen LogP) is 1.76. The number of nitrogens with zero attached hydrogens (tertiary/aromatic N) is 1. The van der Waals surface area contributed by atoms with Gasteiger partial charge in [-0.05, 0) is 50.3 Å². The van der Waals surface area contributed by atoms with Crippen molar-refractivity contribution in [2.24, 2.45) is 0 Å². The molecular weight excluding hydrogens is 377 g/mol. The molecule has 1 aromatic rings. The van der Waals surface area contributed by atoms with Gasteiger partial charge >= 0.3 is 0 Å². The Bertz CT molecular complexity index is 681. The molecule has 1 rings (SSSR count). The Kier molecular flexibility index (Phi) is 11.5. The summed E-state index contributed by atoms with van der Waals surface area (Å²) >= 11 is 0. The van der Waals surface area contributed by atoms with Crippen LogP contribution >= 0.6 is 0 Å². The zero-order valence-corrected chi connectivity index (χ0v) is 18.4. The van der Waals surface area contributed by atoms with Gasteiger partial charge in [0.2, 0.25) is 0 Å². The monoisotopic (exact) mass is 402 g/mol. The topological polar surface area (TPSA) is 112 Å². The first-order valence-corrected chi connectivity index (χ1v) is 11.0. The smallest absolute Gasteiger partial charge is 0.264 e. The Balaban J connectivity index is 0.00000576. The van der Waals surface area contributed by atoms with E-state index in [-0.39, 0.29) is 41.1 Å². The maximum absolute atomic E-state index is 10.8. The molecule has 25 heavy (non-hydrogen) atoms. The van der Waals surface area contributed by atoms with E-state index >= 15 is 0 Å². The van der Waals surface area contributed by atoms with Crippen molar-refractivity contribution in [2.45, 2.75) is 32.6 Å². The normalized spacial score (nSPS) is 11.8. The molecule has 0 amide bonds. The van der Waals surface area contributed by atoms with Crippen LogP contribution in [0.5, 0.6) is 0 Å². The summed E-state index contributed by atoms with van der Waals surface area (Å²) in [5.41, 5.74) is 2.07. The van der Waals surface area contributed by atoms with E-state index in [1.54, 1.807) is 0 Å². The molecule has 139 valence electrons. The molecule has 0 heterocycles. The number of anilines is 1. The molecule has 0 atom stereocenters. The Morgan fingerprint density at radius 3 is 1.76 bits per heavy atom. The van der Waals surface area contributed by atoms with Crippen molar-refractivity contribution < 1.29 is 25.9 Å². The first-order chi connectivity index (χ1) is 11.1. The van der Waals surface area contributed by atoms with Crippen LogP contribution in [-0.2, 0) is 20.2 Å². The van der Waals surface area contributed by atoms with E-state index in [4.69, 9.17) is 9.11 Å². The molecule has 0 fully saturated rings. The van der Waals surface area contributed by atoms with Gasteiger partial charge in [0, 0.05) is 48.3 Å². The van der Waals surface area contributed by atoms with Gasteiger partial charge in [-0.3, -0.25) is 9.11 Å². The van der Waals surface area contributed by atoms with Crippen LogP contribution in [0.4, 0.5) is 5.69 Å². The summed E-state index contributed by atoms with van der Waals surface area (Å²) in [6.45, 7) is 3.17. The van der Waals surface area contributed by atoms with Crippen LogP contribution in [0.3, 0.4) is 0 Å². The van der Waals surface area contributed by atoms with E-state index < -0.39 is 20.2 Å². The minimum atomic E-state index is -3.94. The predicted molar refractivity (Wildman–Crippen MR) is 100 cm³/mol. The largest absolute Gasteiger partial charge is 0.372 e. The van der Waals surface area contributed by atoms with E-state index in [1.807, 2.05) is 31.2 Å². The molecule has 0 aromatic heterocycles. The molecule has 0 unspecified atom stereocenters. The Morgan fingerprint density at radius 2 is 1.36 bits per heavy atom. The second-order valence-electron chi connectivity index (χ2n) is 5.81. The fraction of sp³-hybridized carbons (Fsp3) is 0.600. The molecule has 0 saturated carbocycles. The van der Waals surface area contributed by atoms with Gasteiger partial charge in [0.15, 0.2) is 0 Å². The fourth-order valence-corrected chi connectivity index (χ4v) is 3.51.